The predicted molar refractivity (Wildman–Crippen MR) is 145 cm³/mol. The Labute approximate surface area is 217 Å². The fraction of sp³-hybridized carbons (Fsp3) is 0.606. The topological polar surface area (TPSA) is 17.1 Å². The Kier molecular flexibility index (Phi) is 9.36. The van der Waals surface area contributed by atoms with Crippen LogP contribution in [0.5, 0.6) is 0 Å². The highest BCUT2D eigenvalue weighted by Gasteiger charge is 2.41. The monoisotopic (exact) mass is 494 g/mol. The summed E-state index contributed by atoms with van der Waals surface area (Å²) in [6.45, 7) is 4.38. The van der Waals surface area contributed by atoms with Gasteiger partial charge in [0.05, 0.1) is 5.56 Å². The van der Waals surface area contributed by atoms with Gasteiger partial charge in [0.2, 0.25) is 0 Å². The van der Waals surface area contributed by atoms with Crippen molar-refractivity contribution >= 4 is 5.78 Å². The summed E-state index contributed by atoms with van der Waals surface area (Å²) in [5.74, 6) is -0.572. The number of hydrogen-bond acceptors (Lipinski definition) is 1. The molecule has 0 heterocycles. The van der Waals surface area contributed by atoms with Crippen molar-refractivity contribution in [3.8, 4) is 11.1 Å². The van der Waals surface area contributed by atoms with Gasteiger partial charge in [-0.3, -0.25) is 4.79 Å². The third-order valence-corrected chi connectivity index (χ3v) is 9.21. The van der Waals surface area contributed by atoms with Crippen LogP contribution in [-0.2, 0) is 0 Å². The maximum Gasteiger partial charge on any atom is 0.168 e. The van der Waals surface area contributed by atoms with E-state index < -0.39 is 17.4 Å². The van der Waals surface area contributed by atoms with Gasteiger partial charge in [0.1, 0.15) is 11.6 Å². The van der Waals surface area contributed by atoms with Gasteiger partial charge in [-0.25, -0.2) is 8.78 Å². The third kappa shape index (κ3) is 6.26. The van der Waals surface area contributed by atoms with Crippen LogP contribution < -0.4 is 0 Å². The molecule has 36 heavy (non-hydrogen) atoms. The molecule has 0 spiro atoms. The lowest BCUT2D eigenvalue weighted by molar-refractivity contribution is 0.0971. The number of fused-ring (bicyclic) bond motifs is 4. The zero-order chi connectivity index (χ0) is 25.5. The van der Waals surface area contributed by atoms with Gasteiger partial charge in [-0.15, -0.1) is 0 Å². The van der Waals surface area contributed by atoms with Crippen molar-refractivity contribution in [1.29, 1.82) is 0 Å². The average Bonchev–Trinajstić information content (AvgIpc) is 3.17. The third-order valence-electron chi connectivity index (χ3n) is 9.21. The molecule has 1 nitrogen and oxygen atoms in total. The Balaban J connectivity index is 1.44. The van der Waals surface area contributed by atoms with Crippen LogP contribution in [0.25, 0.3) is 11.1 Å². The van der Waals surface area contributed by atoms with Crippen LogP contribution in [0.4, 0.5) is 8.78 Å². The molecule has 2 aromatic carbocycles. The highest BCUT2D eigenvalue weighted by Crippen LogP contribution is 2.55. The second kappa shape index (κ2) is 12.5. The summed E-state index contributed by atoms with van der Waals surface area (Å²) in [6.07, 6.45) is 17.3. The van der Waals surface area contributed by atoms with Crippen LogP contribution in [0.3, 0.4) is 0 Å². The van der Waals surface area contributed by atoms with E-state index in [4.69, 9.17) is 0 Å². The minimum atomic E-state index is -0.747. The van der Waals surface area contributed by atoms with Crippen LogP contribution in [0, 0.1) is 23.0 Å². The van der Waals surface area contributed by atoms with E-state index in [1.807, 2.05) is 12.1 Å². The van der Waals surface area contributed by atoms with E-state index in [0.29, 0.717) is 23.3 Å². The molecule has 0 aromatic heterocycles. The number of rotatable bonds is 12. The van der Waals surface area contributed by atoms with Gasteiger partial charge in [-0.05, 0) is 97.4 Å². The first-order chi connectivity index (χ1) is 17.5. The van der Waals surface area contributed by atoms with E-state index in [9.17, 15) is 13.6 Å². The fourth-order valence-electron chi connectivity index (χ4n) is 6.93. The van der Waals surface area contributed by atoms with Crippen LogP contribution in [0.1, 0.15) is 132 Å². The molecule has 2 bridgehead atoms. The molecule has 0 amide bonds. The SMILES string of the molecule is CCCCCCC(=O)c1c(F)cc(-c2ccc(C3CCC4(CCCCC)CCC3CC4)cc2)cc1F. The van der Waals surface area contributed by atoms with Gasteiger partial charge in [0.25, 0.3) is 0 Å². The van der Waals surface area contributed by atoms with Crippen molar-refractivity contribution < 1.29 is 13.6 Å². The molecule has 3 aliphatic rings. The number of benzene rings is 2. The van der Waals surface area contributed by atoms with E-state index in [1.165, 1.54) is 81.9 Å². The first kappa shape index (κ1) is 27.0. The van der Waals surface area contributed by atoms with Crippen LogP contribution in [0.15, 0.2) is 36.4 Å². The summed E-state index contributed by atoms with van der Waals surface area (Å²) in [4.78, 5) is 12.4. The smallest absolute Gasteiger partial charge is 0.168 e. The predicted octanol–water partition coefficient (Wildman–Crippen LogP) is 10.4. The summed E-state index contributed by atoms with van der Waals surface area (Å²) in [7, 11) is 0. The standard InChI is InChI=1S/C33H44F2O/c1-3-5-7-8-10-31(36)32-29(34)22-27(23-30(32)35)24-11-13-25(14-12-24)28-17-21-33(18-9-6-4-2)19-15-26(28)16-20-33/h11-14,22-23,26,28H,3-10,15-21H2,1-2H3. The lowest BCUT2D eigenvalue weighted by Crippen LogP contribution is -2.24. The van der Waals surface area contributed by atoms with Crippen molar-refractivity contribution in [1.82, 2.24) is 0 Å². The molecular formula is C33H44F2O. The van der Waals surface area contributed by atoms with Crippen molar-refractivity contribution in [2.24, 2.45) is 11.3 Å². The van der Waals surface area contributed by atoms with E-state index in [0.717, 1.165) is 30.7 Å². The Morgan fingerprint density at radius 1 is 0.806 bits per heavy atom. The molecule has 0 saturated heterocycles. The van der Waals surface area contributed by atoms with Gasteiger partial charge in [-0.2, -0.15) is 0 Å². The molecule has 5 rings (SSSR count). The van der Waals surface area contributed by atoms with Crippen LogP contribution in [-0.4, -0.2) is 5.78 Å². The lowest BCUT2D eigenvalue weighted by Gasteiger charge is -2.37. The molecule has 3 fully saturated rings. The zero-order valence-electron chi connectivity index (χ0n) is 22.4. The van der Waals surface area contributed by atoms with Gasteiger partial charge < -0.3 is 0 Å². The largest absolute Gasteiger partial charge is 0.294 e. The first-order valence-electron chi connectivity index (χ1n) is 14.6. The summed E-state index contributed by atoms with van der Waals surface area (Å²) in [5, 5.41) is 0. The minimum Gasteiger partial charge on any atom is -0.294 e. The highest BCUT2D eigenvalue weighted by molar-refractivity contribution is 5.97. The van der Waals surface area contributed by atoms with Crippen molar-refractivity contribution in [2.45, 2.75) is 116 Å². The maximum atomic E-state index is 14.8. The van der Waals surface area contributed by atoms with Crippen molar-refractivity contribution in [2.75, 3.05) is 0 Å². The molecule has 196 valence electrons. The van der Waals surface area contributed by atoms with E-state index >= 15 is 0 Å². The van der Waals surface area contributed by atoms with E-state index in [1.54, 1.807) is 0 Å². The zero-order valence-corrected chi connectivity index (χ0v) is 22.4. The Hall–Kier alpha value is -2.03. The van der Waals surface area contributed by atoms with Crippen LogP contribution in [0.2, 0.25) is 0 Å². The van der Waals surface area contributed by atoms with Crippen LogP contribution >= 0.6 is 0 Å². The number of unbranched alkanes of at least 4 members (excludes halogenated alkanes) is 5. The van der Waals surface area contributed by atoms with Gasteiger partial charge in [0, 0.05) is 6.42 Å². The second-order valence-corrected chi connectivity index (χ2v) is 11.6. The minimum absolute atomic E-state index is 0.199. The number of carbonyl (C=O) groups is 1. The average molecular weight is 495 g/mol. The van der Waals surface area contributed by atoms with E-state index in [-0.39, 0.29) is 12.0 Å². The number of halogens is 2. The molecule has 1 atom stereocenters. The summed E-state index contributed by atoms with van der Waals surface area (Å²) < 4.78 is 29.7. The Bertz CT molecular complexity index is 978. The van der Waals surface area contributed by atoms with Gasteiger partial charge in [0.15, 0.2) is 5.78 Å². The molecule has 0 aliphatic heterocycles. The normalized spacial score (nSPS) is 23.6. The summed E-state index contributed by atoms with van der Waals surface area (Å²) in [6, 6.07) is 11.0. The number of hydrogen-bond donors (Lipinski definition) is 0. The van der Waals surface area contributed by atoms with Crippen molar-refractivity contribution in [3.63, 3.8) is 0 Å². The first-order valence-corrected chi connectivity index (χ1v) is 14.6. The quantitative estimate of drug-likeness (QED) is 0.212. The summed E-state index contributed by atoms with van der Waals surface area (Å²) in [5.41, 5.74) is 2.86. The number of ketones is 1. The van der Waals surface area contributed by atoms with Gasteiger partial charge >= 0.3 is 0 Å². The molecule has 3 aliphatic carbocycles. The number of carbonyl (C=O) groups excluding carboxylic acids is 1. The molecule has 0 radical (unpaired) electrons. The fourth-order valence-corrected chi connectivity index (χ4v) is 6.93. The molecule has 3 heteroatoms. The second-order valence-electron chi connectivity index (χ2n) is 11.6. The Morgan fingerprint density at radius 2 is 1.42 bits per heavy atom. The summed E-state index contributed by atoms with van der Waals surface area (Å²) >= 11 is 0. The highest BCUT2D eigenvalue weighted by atomic mass is 19.1. The molecule has 0 N–H and O–H groups in total. The van der Waals surface area contributed by atoms with Gasteiger partial charge in [-0.1, -0.05) is 76.6 Å². The molecule has 3 saturated carbocycles. The maximum absolute atomic E-state index is 14.8. The molecular weight excluding hydrogens is 450 g/mol. The Morgan fingerprint density at radius 3 is 2.06 bits per heavy atom. The molecule has 2 aromatic rings. The van der Waals surface area contributed by atoms with E-state index in [2.05, 4.69) is 26.0 Å². The number of Topliss-reactive ketones (excluding diaryl/α,β-unsaturated/α-hetero) is 1. The lowest BCUT2D eigenvalue weighted by atomic mass is 9.68. The van der Waals surface area contributed by atoms with Crippen molar-refractivity contribution in [3.05, 3.63) is 59.2 Å². The molecule has 1 unspecified atom stereocenters.